The third-order valence-corrected chi connectivity index (χ3v) is 1.96. The summed E-state index contributed by atoms with van der Waals surface area (Å²) in [6.45, 7) is 5.11. The van der Waals surface area contributed by atoms with Crippen molar-refractivity contribution in [3.8, 4) is 11.8 Å². The van der Waals surface area contributed by atoms with E-state index < -0.39 is 0 Å². The lowest BCUT2D eigenvalue weighted by atomic mass is 10.1. The Morgan fingerprint density at radius 1 is 1.27 bits per heavy atom. The third-order valence-electron chi connectivity index (χ3n) is 1.96. The standard InChI is InChI=1S/C14H20O/c1-3-4-5-6-7-8-9-10-11-12-13-14(2)15/h3-5H,1,6-11H2,2H3. The van der Waals surface area contributed by atoms with Gasteiger partial charge in [-0.25, -0.2) is 0 Å². The molecule has 0 aliphatic carbocycles. The van der Waals surface area contributed by atoms with Gasteiger partial charge in [0.25, 0.3) is 0 Å². The van der Waals surface area contributed by atoms with Gasteiger partial charge in [0.15, 0.2) is 0 Å². The van der Waals surface area contributed by atoms with Crippen LogP contribution in [-0.2, 0) is 4.79 Å². The van der Waals surface area contributed by atoms with Crippen molar-refractivity contribution in [2.75, 3.05) is 0 Å². The number of hydrogen-bond acceptors (Lipinski definition) is 1. The van der Waals surface area contributed by atoms with E-state index >= 15 is 0 Å². The second-order valence-corrected chi connectivity index (χ2v) is 3.47. The SMILES string of the molecule is C=CC=CCCCCCCC#CC(C)=O. The smallest absolute Gasteiger partial charge is 0.202 e. The molecule has 1 nitrogen and oxygen atoms in total. The highest BCUT2D eigenvalue weighted by Gasteiger charge is 1.87. The monoisotopic (exact) mass is 204 g/mol. The second-order valence-electron chi connectivity index (χ2n) is 3.47. The van der Waals surface area contributed by atoms with Crippen LogP contribution in [0.1, 0.15) is 45.4 Å². The quantitative estimate of drug-likeness (QED) is 0.268. The van der Waals surface area contributed by atoms with Gasteiger partial charge < -0.3 is 0 Å². The Balaban J connectivity index is 3.19. The Hall–Kier alpha value is -1.29. The van der Waals surface area contributed by atoms with E-state index in [0.29, 0.717) is 0 Å². The van der Waals surface area contributed by atoms with Crippen LogP contribution in [0.3, 0.4) is 0 Å². The number of ketones is 1. The van der Waals surface area contributed by atoms with E-state index in [-0.39, 0.29) is 5.78 Å². The van der Waals surface area contributed by atoms with E-state index in [1.807, 2.05) is 6.08 Å². The molecule has 1 heteroatoms. The molecule has 0 saturated carbocycles. The molecule has 0 aliphatic rings. The molecule has 0 aromatic carbocycles. The number of allylic oxidation sites excluding steroid dienone is 3. The predicted octanol–water partition coefficient (Wildman–Crippen LogP) is 3.66. The Morgan fingerprint density at radius 3 is 2.67 bits per heavy atom. The van der Waals surface area contributed by atoms with Gasteiger partial charge in [-0.05, 0) is 25.2 Å². The summed E-state index contributed by atoms with van der Waals surface area (Å²) in [4.78, 5) is 10.5. The summed E-state index contributed by atoms with van der Waals surface area (Å²) in [5, 5.41) is 0. The minimum atomic E-state index is -0.0374. The minimum absolute atomic E-state index is 0.0374. The topological polar surface area (TPSA) is 17.1 Å². The van der Waals surface area contributed by atoms with E-state index in [0.717, 1.165) is 19.3 Å². The zero-order valence-corrected chi connectivity index (χ0v) is 9.59. The van der Waals surface area contributed by atoms with Crippen LogP contribution in [0, 0.1) is 11.8 Å². The van der Waals surface area contributed by atoms with Gasteiger partial charge in [-0.2, -0.15) is 0 Å². The summed E-state index contributed by atoms with van der Waals surface area (Å²) in [5.41, 5.74) is 0. The third kappa shape index (κ3) is 12.7. The summed E-state index contributed by atoms with van der Waals surface area (Å²) in [6.07, 6.45) is 12.7. The van der Waals surface area contributed by atoms with Crippen molar-refractivity contribution in [3.63, 3.8) is 0 Å². The fraction of sp³-hybridized carbons (Fsp3) is 0.500. The lowest BCUT2D eigenvalue weighted by molar-refractivity contribution is -0.111. The largest absolute Gasteiger partial charge is 0.285 e. The van der Waals surface area contributed by atoms with Crippen LogP contribution in [0.4, 0.5) is 0 Å². The number of hydrogen-bond donors (Lipinski definition) is 0. The van der Waals surface area contributed by atoms with E-state index in [1.165, 1.54) is 26.2 Å². The fourth-order valence-corrected chi connectivity index (χ4v) is 1.21. The zero-order chi connectivity index (χ0) is 11.4. The molecule has 15 heavy (non-hydrogen) atoms. The maximum absolute atomic E-state index is 10.5. The first-order chi connectivity index (χ1) is 7.27. The number of carbonyl (C=O) groups is 1. The first-order valence-corrected chi connectivity index (χ1v) is 5.54. The van der Waals surface area contributed by atoms with E-state index in [2.05, 4.69) is 24.5 Å². The highest BCUT2D eigenvalue weighted by Crippen LogP contribution is 2.05. The van der Waals surface area contributed by atoms with Crippen molar-refractivity contribution in [3.05, 3.63) is 24.8 Å². The van der Waals surface area contributed by atoms with Crippen LogP contribution in [0.2, 0.25) is 0 Å². The Kier molecular flexibility index (Phi) is 9.86. The molecule has 0 aliphatic heterocycles. The second kappa shape index (κ2) is 10.8. The van der Waals surface area contributed by atoms with Gasteiger partial charge in [-0.15, -0.1) is 0 Å². The molecule has 0 spiro atoms. The normalized spacial score (nSPS) is 9.67. The van der Waals surface area contributed by atoms with Crippen molar-refractivity contribution >= 4 is 5.78 Å². The lowest BCUT2D eigenvalue weighted by Crippen LogP contribution is -1.81. The molecule has 0 amide bonds. The number of carbonyl (C=O) groups excluding carboxylic acids is 1. The first kappa shape index (κ1) is 13.7. The van der Waals surface area contributed by atoms with Crippen LogP contribution in [0.25, 0.3) is 0 Å². The molecule has 0 atom stereocenters. The van der Waals surface area contributed by atoms with Crippen LogP contribution >= 0.6 is 0 Å². The maximum Gasteiger partial charge on any atom is 0.202 e. The average Bonchev–Trinajstić information content (AvgIpc) is 2.20. The number of unbranched alkanes of at least 4 members (excludes halogenated alkanes) is 5. The van der Waals surface area contributed by atoms with Crippen molar-refractivity contribution < 1.29 is 4.79 Å². The molecule has 0 aromatic rings. The predicted molar refractivity (Wildman–Crippen MR) is 65.5 cm³/mol. The van der Waals surface area contributed by atoms with Crippen molar-refractivity contribution in [2.45, 2.75) is 45.4 Å². The molecule has 0 heterocycles. The molecular formula is C14H20O. The maximum atomic E-state index is 10.5. The van der Waals surface area contributed by atoms with Crippen LogP contribution in [0.5, 0.6) is 0 Å². The summed E-state index contributed by atoms with van der Waals surface area (Å²) in [5.74, 6) is 5.38. The Bertz CT molecular complexity index is 263. The molecule has 0 unspecified atom stereocenters. The van der Waals surface area contributed by atoms with Crippen molar-refractivity contribution in [1.82, 2.24) is 0 Å². The van der Waals surface area contributed by atoms with Gasteiger partial charge in [0.2, 0.25) is 5.78 Å². The van der Waals surface area contributed by atoms with Gasteiger partial charge >= 0.3 is 0 Å². The highest BCUT2D eigenvalue weighted by atomic mass is 16.1. The molecule has 0 radical (unpaired) electrons. The average molecular weight is 204 g/mol. The summed E-state index contributed by atoms with van der Waals surface area (Å²) in [6, 6.07) is 0. The van der Waals surface area contributed by atoms with E-state index in [1.54, 1.807) is 6.08 Å². The molecular weight excluding hydrogens is 184 g/mol. The molecule has 0 fully saturated rings. The summed E-state index contributed by atoms with van der Waals surface area (Å²) < 4.78 is 0. The molecule has 82 valence electrons. The number of Topliss-reactive ketones (excluding diaryl/α,β-unsaturated/α-hetero) is 1. The zero-order valence-electron chi connectivity index (χ0n) is 9.59. The Labute approximate surface area is 93.3 Å². The molecule has 0 aromatic heterocycles. The van der Waals surface area contributed by atoms with E-state index in [4.69, 9.17) is 0 Å². The van der Waals surface area contributed by atoms with Gasteiger partial charge in [-0.1, -0.05) is 43.6 Å². The summed E-state index contributed by atoms with van der Waals surface area (Å²) >= 11 is 0. The van der Waals surface area contributed by atoms with Crippen LogP contribution in [0.15, 0.2) is 24.8 Å². The van der Waals surface area contributed by atoms with Gasteiger partial charge in [-0.3, -0.25) is 4.79 Å². The number of rotatable bonds is 7. The van der Waals surface area contributed by atoms with E-state index in [9.17, 15) is 4.79 Å². The van der Waals surface area contributed by atoms with Crippen molar-refractivity contribution in [1.29, 1.82) is 0 Å². The van der Waals surface area contributed by atoms with Gasteiger partial charge in [0.1, 0.15) is 0 Å². The highest BCUT2D eigenvalue weighted by molar-refractivity contribution is 5.93. The van der Waals surface area contributed by atoms with Crippen molar-refractivity contribution in [2.24, 2.45) is 0 Å². The Morgan fingerprint density at radius 2 is 2.00 bits per heavy atom. The molecule has 0 saturated heterocycles. The molecule has 0 bridgehead atoms. The molecule has 0 rings (SSSR count). The minimum Gasteiger partial charge on any atom is -0.285 e. The van der Waals surface area contributed by atoms with Crippen LogP contribution < -0.4 is 0 Å². The fourth-order valence-electron chi connectivity index (χ4n) is 1.21. The molecule has 0 N–H and O–H groups in total. The lowest BCUT2D eigenvalue weighted by Gasteiger charge is -1.95. The van der Waals surface area contributed by atoms with Gasteiger partial charge in [0, 0.05) is 13.3 Å². The van der Waals surface area contributed by atoms with Crippen LogP contribution in [-0.4, -0.2) is 5.78 Å². The first-order valence-electron chi connectivity index (χ1n) is 5.54. The summed E-state index contributed by atoms with van der Waals surface area (Å²) in [7, 11) is 0. The van der Waals surface area contributed by atoms with Gasteiger partial charge in [0.05, 0.1) is 0 Å².